The van der Waals surface area contributed by atoms with Crippen LogP contribution in [0.5, 0.6) is 5.88 Å². The van der Waals surface area contributed by atoms with Crippen LogP contribution in [-0.4, -0.2) is 88.0 Å². The number of Topliss-reactive ketones (excluding diaryl/α,β-unsaturated/α-hetero) is 1. The third-order valence-corrected chi connectivity index (χ3v) is 10.6. The summed E-state index contributed by atoms with van der Waals surface area (Å²) in [5, 5.41) is 11.3. The van der Waals surface area contributed by atoms with E-state index in [0.29, 0.717) is 11.4 Å². The number of alkyl carbamates (subject to hydrolysis) is 1. The summed E-state index contributed by atoms with van der Waals surface area (Å²) in [6, 6.07) is 16.0. The van der Waals surface area contributed by atoms with Crippen molar-refractivity contribution in [1.82, 2.24) is 31.2 Å². The van der Waals surface area contributed by atoms with E-state index in [9.17, 15) is 24.0 Å². The van der Waals surface area contributed by atoms with E-state index >= 15 is 0 Å². The maximum absolute atomic E-state index is 14.5. The molecule has 4 atom stereocenters. The highest BCUT2D eigenvalue weighted by molar-refractivity contribution is 7.80. The van der Waals surface area contributed by atoms with E-state index in [-0.39, 0.29) is 48.9 Å². The van der Waals surface area contributed by atoms with Gasteiger partial charge in [0.05, 0.1) is 17.6 Å². The van der Waals surface area contributed by atoms with Crippen LogP contribution >= 0.6 is 23.8 Å². The number of ether oxygens (including phenoxy) is 2. The number of hydrogen-bond acceptors (Lipinski definition) is 9. The molecule has 15 heteroatoms. The van der Waals surface area contributed by atoms with Crippen molar-refractivity contribution in [2.45, 2.75) is 96.0 Å². The molecule has 2 aliphatic carbocycles. The molecular weight excluding hydrogens is 756 g/mol. The number of rotatable bonds is 13. The Bertz CT molecular complexity index is 1940. The number of amides is 4. The molecule has 6 rings (SSSR count). The molecule has 3 aliphatic rings. The molecule has 4 N–H and O–H groups in total. The molecule has 0 radical (unpaired) electrons. The Morgan fingerprint density at radius 3 is 2.21 bits per heavy atom. The van der Waals surface area contributed by atoms with Gasteiger partial charge < -0.3 is 30.3 Å². The fraction of sp³-hybridized carbons (Fsp3) is 0.439. The highest BCUT2D eigenvalue weighted by Crippen LogP contribution is 2.44. The van der Waals surface area contributed by atoms with Gasteiger partial charge in [0, 0.05) is 30.6 Å². The molecule has 1 aromatic heterocycles. The highest BCUT2D eigenvalue weighted by atomic mass is 35.5. The predicted octanol–water partition coefficient (Wildman–Crippen LogP) is 5.04. The molecule has 3 aromatic rings. The van der Waals surface area contributed by atoms with Crippen molar-refractivity contribution < 1.29 is 33.4 Å². The minimum Gasteiger partial charge on any atom is -0.472 e. The minimum absolute atomic E-state index is 0.00336. The number of likely N-dealkylation sites (tertiary alicyclic amines) is 1. The number of halogens is 1. The molecule has 1 unspecified atom stereocenters. The summed E-state index contributed by atoms with van der Waals surface area (Å²) >= 11 is 11.5. The van der Waals surface area contributed by atoms with Crippen LogP contribution in [0.15, 0.2) is 66.9 Å². The quantitative estimate of drug-likeness (QED) is 0.136. The van der Waals surface area contributed by atoms with Gasteiger partial charge in [0.25, 0.3) is 5.91 Å². The van der Waals surface area contributed by atoms with Crippen LogP contribution in [0, 0.1) is 5.41 Å². The lowest BCUT2D eigenvalue weighted by molar-refractivity contribution is -0.143. The van der Waals surface area contributed by atoms with E-state index in [1.807, 2.05) is 76.2 Å². The number of ketones is 1. The number of fused-ring (bicyclic) bond motifs is 3. The Labute approximate surface area is 336 Å². The SMILES string of the molecule is CCC[C@@H](NC(=O)[C@H]1CC(Oc2ccc(Cl)cn2)CN1C(=O)[C@H](NC(=S)NC(=O)OCC1c2ccccc2-c2ccccc21)C(C)(C)C)C(=O)C(=O)NC1CC1. The van der Waals surface area contributed by atoms with Gasteiger partial charge in [-0.05, 0) is 65.2 Å². The summed E-state index contributed by atoms with van der Waals surface area (Å²) in [5.74, 6) is -2.48. The number of benzene rings is 2. The Hall–Kier alpha value is -5.08. The van der Waals surface area contributed by atoms with Gasteiger partial charge in [-0.1, -0.05) is 94.2 Å². The van der Waals surface area contributed by atoms with Crippen molar-refractivity contribution in [2.24, 2.45) is 5.41 Å². The number of aromatic nitrogens is 1. The van der Waals surface area contributed by atoms with Gasteiger partial charge in [-0.15, -0.1) is 0 Å². The van der Waals surface area contributed by atoms with Gasteiger partial charge in [-0.2, -0.15) is 0 Å². The molecule has 0 spiro atoms. The molecule has 296 valence electrons. The van der Waals surface area contributed by atoms with Crippen LogP contribution in [0.1, 0.15) is 76.8 Å². The van der Waals surface area contributed by atoms with Crippen LogP contribution in [0.4, 0.5) is 4.79 Å². The number of carbonyl (C=O) groups is 5. The zero-order valence-corrected chi connectivity index (χ0v) is 33.4. The largest absolute Gasteiger partial charge is 0.472 e. The molecule has 2 aromatic carbocycles. The molecule has 56 heavy (non-hydrogen) atoms. The monoisotopic (exact) mass is 802 g/mol. The minimum atomic E-state index is -1.08. The first-order valence-electron chi connectivity index (χ1n) is 18.9. The maximum atomic E-state index is 14.5. The molecule has 2 heterocycles. The summed E-state index contributed by atoms with van der Waals surface area (Å²) in [6.45, 7) is 7.38. The smallest absolute Gasteiger partial charge is 0.413 e. The Morgan fingerprint density at radius 1 is 0.964 bits per heavy atom. The third kappa shape index (κ3) is 9.65. The normalized spacial score (nSPS) is 18.5. The number of hydrogen-bond donors (Lipinski definition) is 4. The first-order chi connectivity index (χ1) is 26.7. The van der Waals surface area contributed by atoms with E-state index in [4.69, 9.17) is 33.3 Å². The first-order valence-corrected chi connectivity index (χ1v) is 19.7. The van der Waals surface area contributed by atoms with Gasteiger partial charge >= 0.3 is 6.09 Å². The molecule has 2 fully saturated rings. The van der Waals surface area contributed by atoms with Crippen molar-refractivity contribution in [2.75, 3.05) is 13.2 Å². The fourth-order valence-electron chi connectivity index (χ4n) is 7.15. The molecule has 13 nitrogen and oxygen atoms in total. The van der Waals surface area contributed by atoms with Crippen LogP contribution in [0.2, 0.25) is 5.02 Å². The van der Waals surface area contributed by atoms with Crippen molar-refractivity contribution >= 4 is 58.5 Å². The number of nitrogens with one attached hydrogen (secondary N) is 4. The van der Waals surface area contributed by atoms with E-state index in [2.05, 4.69) is 26.3 Å². The van der Waals surface area contributed by atoms with E-state index < -0.39 is 59.2 Å². The maximum Gasteiger partial charge on any atom is 0.413 e. The molecular formula is C41H47ClN6O7S. The van der Waals surface area contributed by atoms with Gasteiger partial charge in [-0.3, -0.25) is 24.5 Å². The predicted molar refractivity (Wildman–Crippen MR) is 214 cm³/mol. The molecule has 1 saturated heterocycles. The average Bonchev–Trinajstić information content (AvgIpc) is 3.79. The Balaban J connectivity index is 1.15. The molecule has 1 aliphatic heterocycles. The van der Waals surface area contributed by atoms with Gasteiger partial charge in [0.2, 0.25) is 23.5 Å². The van der Waals surface area contributed by atoms with Crippen LogP contribution < -0.4 is 26.0 Å². The Morgan fingerprint density at radius 2 is 1.62 bits per heavy atom. The van der Waals surface area contributed by atoms with Crippen molar-refractivity contribution in [3.05, 3.63) is 83.0 Å². The van der Waals surface area contributed by atoms with Crippen molar-refractivity contribution in [3.8, 4) is 17.0 Å². The number of carbonyl (C=O) groups excluding carboxylic acids is 5. The lowest BCUT2D eigenvalue weighted by atomic mass is 9.85. The summed E-state index contributed by atoms with van der Waals surface area (Å²) in [4.78, 5) is 73.1. The second kappa shape index (κ2) is 17.4. The molecule has 0 bridgehead atoms. The first kappa shape index (κ1) is 40.6. The van der Waals surface area contributed by atoms with Crippen molar-refractivity contribution in [3.63, 3.8) is 0 Å². The van der Waals surface area contributed by atoms with Crippen LogP contribution in [0.3, 0.4) is 0 Å². The lowest BCUT2D eigenvalue weighted by Crippen LogP contribution is -2.60. The van der Waals surface area contributed by atoms with Gasteiger partial charge in [0.15, 0.2) is 5.11 Å². The van der Waals surface area contributed by atoms with Crippen LogP contribution in [0.25, 0.3) is 11.1 Å². The fourth-order valence-corrected chi connectivity index (χ4v) is 7.47. The average molecular weight is 803 g/mol. The van der Waals surface area contributed by atoms with Crippen molar-refractivity contribution in [1.29, 1.82) is 0 Å². The highest BCUT2D eigenvalue weighted by Gasteiger charge is 2.46. The van der Waals surface area contributed by atoms with Gasteiger partial charge in [-0.25, -0.2) is 9.78 Å². The number of pyridine rings is 1. The Kier molecular flexibility index (Phi) is 12.6. The third-order valence-electron chi connectivity index (χ3n) is 10.1. The zero-order chi connectivity index (χ0) is 40.1. The zero-order valence-electron chi connectivity index (χ0n) is 31.8. The molecule has 4 amide bonds. The topological polar surface area (TPSA) is 168 Å². The summed E-state index contributed by atoms with van der Waals surface area (Å²) < 4.78 is 11.8. The molecule has 1 saturated carbocycles. The van der Waals surface area contributed by atoms with Gasteiger partial charge in [0.1, 0.15) is 24.8 Å². The van der Waals surface area contributed by atoms with E-state index in [1.165, 1.54) is 11.1 Å². The standard InChI is InChI=1S/C41H47ClN6O7S/c1-5-10-31(34(49)37(51)44-24-16-17-24)45-36(50)32-19-25(55-33-18-15-23(42)20-43-33)21-48(32)38(52)35(41(2,3)4)46-39(56)47-40(53)54-22-30-28-13-8-6-11-26(28)27-12-7-9-14-29(27)30/h6-9,11-15,18,20,24-25,30-32,35H,5,10,16-17,19,21-22H2,1-4H3,(H,44,51)(H,45,50)(H2,46,47,53,56)/t25?,31-,32-,35+/m1/s1. The van der Waals surface area contributed by atoms with E-state index in [1.54, 1.807) is 12.1 Å². The summed E-state index contributed by atoms with van der Waals surface area (Å²) in [7, 11) is 0. The summed E-state index contributed by atoms with van der Waals surface area (Å²) in [5.41, 5.74) is 3.54. The number of nitrogens with zero attached hydrogens (tertiary/aromatic N) is 2. The van der Waals surface area contributed by atoms with Crippen LogP contribution in [-0.2, 0) is 23.9 Å². The lowest BCUT2D eigenvalue weighted by Gasteiger charge is -2.36. The second-order valence-electron chi connectivity index (χ2n) is 15.5. The summed E-state index contributed by atoms with van der Waals surface area (Å²) in [6.07, 6.45) is 2.43. The number of thiocarbonyl (C=S) groups is 1. The van der Waals surface area contributed by atoms with E-state index in [0.717, 1.165) is 35.1 Å². The second-order valence-corrected chi connectivity index (χ2v) is 16.3.